The van der Waals surface area contributed by atoms with Crippen molar-refractivity contribution in [3.05, 3.63) is 70.8 Å². The third-order valence-electron chi connectivity index (χ3n) is 4.49. The fraction of sp³-hybridized carbons (Fsp3) is 0.143. The van der Waals surface area contributed by atoms with Crippen LogP contribution >= 0.6 is 0 Å². The number of anilines is 2. The molecule has 0 aliphatic heterocycles. The first-order valence-corrected chi connectivity index (χ1v) is 9.46. The van der Waals surface area contributed by atoms with E-state index in [1.807, 2.05) is 31.2 Å². The van der Waals surface area contributed by atoms with Crippen molar-refractivity contribution in [2.24, 2.45) is 0 Å². The van der Waals surface area contributed by atoms with Crippen molar-refractivity contribution in [3.63, 3.8) is 0 Å². The molecule has 0 aliphatic carbocycles. The topological polar surface area (TPSA) is 124 Å². The Morgan fingerprint density at radius 2 is 1.74 bits per heavy atom. The van der Waals surface area contributed by atoms with Crippen molar-refractivity contribution in [3.8, 4) is 5.69 Å². The van der Waals surface area contributed by atoms with Gasteiger partial charge in [0, 0.05) is 18.3 Å². The quantitative estimate of drug-likeness (QED) is 0.511. The Morgan fingerprint density at radius 3 is 2.45 bits per heavy atom. The highest BCUT2D eigenvalue weighted by Crippen LogP contribution is 2.15. The molecule has 0 aliphatic rings. The summed E-state index contributed by atoms with van der Waals surface area (Å²) in [6.07, 6.45) is 1.30. The summed E-state index contributed by atoms with van der Waals surface area (Å²) in [5.41, 5.74) is 2.79. The van der Waals surface area contributed by atoms with E-state index in [0.717, 1.165) is 11.3 Å². The first-order valence-electron chi connectivity index (χ1n) is 9.46. The van der Waals surface area contributed by atoms with E-state index >= 15 is 0 Å². The van der Waals surface area contributed by atoms with E-state index in [-0.39, 0.29) is 18.0 Å². The van der Waals surface area contributed by atoms with Crippen molar-refractivity contribution >= 4 is 34.4 Å². The number of nitrogens with one attached hydrogen (secondary N) is 2. The first kappa shape index (κ1) is 20.0. The van der Waals surface area contributed by atoms with Gasteiger partial charge < -0.3 is 10.6 Å². The SMILES string of the molecule is CC(=O)Nc1cccc(NC(=O)Cn2cnc3c(nnn3-c3ccc(C)cc3)c2=O)c1. The van der Waals surface area contributed by atoms with Crippen LogP contribution in [0.1, 0.15) is 12.5 Å². The zero-order chi connectivity index (χ0) is 22.0. The summed E-state index contributed by atoms with van der Waals surface area (Å²) in [4.78, 5) is 40.7. The standard InChI is InChI=1S/C21H19N7O3/c1-13-6-8-17(9-7-13)28-20-19(25-26-28)21(31)27(12-22-20)11-18(30)24-16-5-3-4-15(10-16)23-14(2)29/h3-10,12H,11H2,1-2H3,(H,23,29)(H,24,30). The Balaban J connectivity index is 1.54. The Bertz CT molecular complexity index is 1340. The van der Waals surface area contributed by atoms with Crippen molar-refractivity contribution in [1.82, 2.24) is 24.5 Å². The molecule has 4 rings (SSSR count). The van der Waals surface area contributed by atoms with Crippen LogP contribution in [0, 0.1) is 6.92 Å². The number of carbonyl (C=O) groups excluding carboxylic acids is 2. The molecule has 2 N–H and O–H groups in total. The lowest BCUT2D eigenvalue weighted by atomic mass is 10.2. The van der Waals surface area contributed by atoms with Gasteiger partial charge in [0.25, 0.3) is 5.56 Å². The molecule has 0 atom stereocenters. The van der Waals surface area contributed by atoms with Crippen molar-refractivity contribution in [2.75, 3.05) is 10.6 Å². The van der Waals surface area contributed by atoms with Gasteiger partial charge in [0.05, 0.1) is 5.69 Å². The molecule has 0 saturated heterocycles. The van der Waals surface area contributed by atoms with Crippen LogP contribution in [-0.2, 0) is 16.1 Å². The lowest BCUT2D eigenvalue weighted by molar-refractivity contribution is -0.117. The summed E-state index contributed by atoms with van der Waals surface area (Å²) < 4.78 is 2.65. The van der Waals surface area contributed by atoms with Gasteiger partial charge in [-0.05, 0) is 37.3 Å². The molecule has 0 unspecified atom stereocenters. The van der Waals surface area contributed by atoms with Crippen molar-refractivity contribution in [2.45, 2.75) is 20.4 Å². The van der Waals surface area contributed by atoms with Gasteiger partial charge >= 0.3 is 0 Å². The van der Waals surface area contributed by atoms with Gasteiger partial charge in [0.15, 0.2) is 11.2 Å². The second-order valence-electron chi connectivity index (χ2n) is 7.00. The van der Waals surface area contributed by atoms with Gasteiger partial charge in [-0.15, -0.1) is 5.10 Å². The first-order chi connectivity index (χ1) is 14.9. The van der Waals surface area contributed by atoms with Crippen LogP contribution in [0.25, 0.3) is 16.9 Å². The highest BCUT2D eigenvalue weighted by molar-refractivity contribution is 5.93. The van der Waals surface area contributed by atoms with Gasteiger partial charge in [-0.1, -0.05) is 29.0 Å². The van der Waals surface area contributed by atoms with Crippen LogP contribution in [-0.4, -0.2) is 36.4 Å². The second-order valence-corrected chi connectivity index (χ2v) is 7.00. The Hall–Kier alpha value is -4.34. The average molecular weight is 417 g/mol. The van der Waals surface area contributed by atoms with Crippen LogP contribution in [0.4, 0.5) is 11.4 Å². The fourth-order valence-corrected chi connectivity index (χ4v) is 3.05. The monoisotopic (exact) mass is 417 g/mol. The predicted octanol–water partition coefficient (Wildman–Crippen LogP) is 1.88. The largest absolute Gasteiger partial charge is 0.326 e. The van der Waals surface area contributed by atoms with E-state index < -0.39 is 11.5 Å². The van der Waals surface area contributed by atoms with Gasteiger partial charge in [0.2, 0.25) is 11.8 Å². The normalized spacial score (nSPS) is 10.8. The molecule has 0 saturated carbocycles. The summed E-state index contributed by atoms with van der Waals surface area (Å²) in [6, 6.07) is 14.3. The Kier molecular flexibility index (Phi) is 5.27. The van der Waals surface area contributed by atoms with Gasteiger partial charge in [-0.2, -0.15) is 4.68 Å². The number of fused-ring (bicyclic) bond motifs is 1. The summed E-state index contributed by atoms with van der Waals surface area (Å²) in [5.74, 6) is -0.637. The highest BCUT2D eigenvalue weighted by Gasteiger charge is 2.15. The smallest absolute Gasteiger partial charge is 0.284 e. The maximum absolute atomic E-state index is 12.8. The molecule has 0 fully saturated rings. The number of nitrogens with zero attached hydrogens (tertiary/aromatic N) is 5. The zero-order valence-corrected chi connectivity index (χ0v) is 16.9. The minimum Gasteiger partial charge on any atom is -0.326 e. The molecule has 31 heavy (non-hydrogen) atoms. The van der Waals surface area contributed by atoms with Crippen molar-refractivity contribution < 1.29 is 9.59 Å². The summed E-state index contributed by atoms with van der Waals surface area (Å²) in [7, 11) is 0. The number of amides is 2. The van der Waals surface area contributed by atoms with Crippen LogP contribution in [0.3, 0.4) is 0 Å². The van der Waals surface area contributed by atoms with E-state index in [9.17, 15) is 14.4 Å². The summed E-state index contributed by atoms with van der Waals surface area (Å²) in [6.45, 7) is 3.13. The Morgan fingerprint density at radius 1 is 1.03 bits per heavy atom. The summed E-state index contributed by atoms with van der Waals surface area (Å²) in [5, 5.41) is 13.3. The maximum atomic E-state index is 12.8. The minimum absolute atomic E-state index is 0.0727. The van der Waals surface area contributed by atoms with Crippen LogP contribution < -0.4 is 16.2 Å². The molecule has 2 amide bonds. The van der Waals surface area contributed by atoms with E-state index in [4.69, 9.17) is 0 Å². The molecule has 156 valence electrons. The number of carbonyl (C=O) groups is 2. The molecule has 2 heterocycles. The minimum atomic E-state index is -0.467. The molecule has 2 aromatic carbocycles. The number of hydrogen-bond donors (Lipinski definition) is 2. The number of rotatable bonds is 5. The van der Waals surface area contributed by atoms with Gasteiger partial charge in [-0.3, -0.25) is 19.0 Å². The number of aryl methyl sites for hydroxylation is 1. The van der Waals surface area contributed by atoms with Gasteiger partial charge in [-0.25, -0.2) is 4.98 Å². The molecule has 10 nitrogen and oxygen atoms in total. The molecular formula is C21H19N7O3. The fourth-order valence-electron chi connectivity index (χ4n) is 3.05. The lowest BCUT2D eigenvalue weighted by Crippen LogP contribution is -2.28. The second kappa shape index (κ2) is 8.19. The van der Waals surface area contributed by atoms with Crippen LogP contribution in [0.5, 0.6) is 0 Å². The Labute approximate surface area is 176 Å². The van der Waals surface area contributed by atoms with Gasteiger partial charge in [0.1, 0.15) is 12.9 Å². The van der Waals surface area contributed by atoms with Crippen molar-refractivity contribution in [1.29, 1.82) is 0 Å². The molecule has 10 heteroatoms. The molecule has 0 spiro atoms. The van der Waals surface area contributed by atoms with E-state index in [1.165, 1.54) is 22.5 Å². The molecule has 4 aromatic rings. The number of benzene rings is 2. The van der Waals surface area contributed by atoms with E-state index in [0.29, 0.717) is 17.0 Å². The molecule has 0 radical (unpaired) electrons. The van der Waals surface area contributed by atoms with E-state index in [2.05, 4.69) is 25.9 Å². The molecule has 2 aromatic heterocycles. The van der Waals surface area contributed by atoms with Crippen LogP contribution in [0.2, 0.25) is 0 Å². The van der Waals surface area contributed by atoms with Crippen LogP contribution in [0.15, 0.2) is 59.7 Å². The summed E-state index contributed by atoms with van der Waals surface area (Å²) >= 11 is 0. The third-order valence-corrected chi connectivity index (χ3v) is 4.49. The maximum Gasteiger partial charge on any atom is 0.284 e. The number of aromatic nitrogens is 5. The lowest BCUT2D eigenvalue weighted by Gasteiger charge is -2.09. The zero-order valence-electron chi connectivity index (χ0n) is 16.9. The average Bonchev–Trinajstić information content (AvgIpc) is 3.15. The molecular weight excluding hydrogens is 398 g/mol. The third kappa shape index (κ3) is 4.32. The predicted molar refractivity (Wildman–Crippen MR) is 115 cm³/mol. The number of hydrogen-bond acceptors (Lipinski definition) is 6. The highest BCUT2D eigenvalue weighted by atomic mass is 16.2. The van der Waals surface area contributed by atoms with E-state index in [1.54, 1.807) is 24.3 Å². The molecule has 0 bridgehead atoms.